The van der Waals surface area contributed by atoms with Crippen molar-refractivity contribution in [2.24, 2.45) is 5.16 Å². The molecular weight excluding hydrogens is 214 g/mol. The third-order valence-corrected chi connectivity index (χ3v) is 1.86. The van der Waals surface area contributed by atoms with E-state index in [2.05, 4.69) is 9.99 Å². The summed E-state index contributed by atoms with van der Waals surface area (Å²) in [4.78, 5) is 14.6. The Hall–Kier alpha value is -2.24. The van der Waals surface area contributed by atoms with E-state index in [0.29, 0.717) is 11.5 Å². The van der Waals surface area contributed by atoms with E-state index in [9.17, 15) is 4.79 Å². The van der Waals surface area contributed by atoms with Crippen molar-refractivity contribution >= 4 is 12.2 Å². The molecule has 0 atom stereocenters. The number of aliphatic carboxylic acids is 1. The summed E-state index contributed by atoms with van der Waals surface area (Å²) >= 11 is 0. The molecule has 16 heavy (non-hydrogen) atoms. The van der Waals surface area contributed by atoms with Crippen LogP contribution in [0.25, 0.3) is 0 Å². The summed E-state index contributed by atoms with van der Waals surface area (Å²) in [6.07, 6.45) is 1.41. The minimum Gasteiger partial charge on any atom is -0.479 e. The largest absolute Gasteiger partial charge is 0.479 e. The molecule has 0 saturated carbocycles. The van der Waals surface area contributed by atoms with E-state index in [1.807, 2.05) is 0 Å². The number of benzene rings is 1. The van der Waals surface area contributed by atoms with Crippen molar-refractivity contribution in [3.8, 4) is 11.5 Å². The molecule has 1 aliphatic rings. The fourth-order valence-electron chi connectivity index (χ4n) is 1.18. The highest BCUT2D eigenvalue weighted by Crippen LogP contribution is 2.31. The number of fused-ring (bicyclic) bond motifs is 1. The maximum Gasteiger partial charge on any atom is 0.344 e. The number of ether oxygens (including phenoxy) is 2. The van der Waals surface area contributed by atoms with Gasteiger partial charge in [0.25, 0.3) is 0 Å². The smallest absolute Gasteiger partial charge is 0.344 e. The maximum atomic E-state index is 10.1. The zero-order valence-corrected chi connectivity index (χ0v) is 8.25. The van der Waals surface area contributed by atoms with E-state index in [0.717, 1.165) is 5.56 Å². The molecule has 1 aromatic rings. The lowest BCUT2D eigenvalue weighted by molar-refractivity contribution is -0.142. The number of rotatable bonds is 4. The molecule has 6 nitrogen and oxygen atoms in total. The lowest BCUT2D eigenvalue weighted by Crippen LogP contribution is -2.03. The second-order valence-electron chi connectivity index (χ2n) is 3.01. The van der Waals surface area contributed by atoms with Crippen molar-refractivity contribution in [3.05, 3.63) is 23.8 Å². The first kappa shape index (κ1) is 10.3. The van der Waals surface area contributed by atoms with Crippen LogP contribution >= 0.6 is 0 Å². The molecule has 0 spiro atoms. The third kappa shape index (κ3) is 2.41. The second kappa shape index (κ2) is 4.52. The molecule has 0 amide bonds. The van der Waals surface area contributed by atoms with Crippen LogP contribution in [0.5, 0.6) is 11.5 Å². The molecule has 1 aromatic carbocycles. The molecule has 2 rings (SSSR count). The van der Waals surface area contributed by atoms with E-state index in [1.54, 1.807) is 18.2 Å². The fourth-order valence-corrected chi connectivity index (χ4v) is 1.18. The second-order valence-corrected chi connectivity index (χ2v) is 3.01. The molecule has 1 N–H and O–H groups in total. The first-order valence-electron chi connectivity index (χ1n) is 4.52. The lowest BCUT2D eigenvalue weighted by atomic mass is 10.2. The highest BCUT2D eigenvalue weighted by atomic mass is 16.7. The van der Waals surface area contributed by atoms with Crippen LogP contribution in [-0.4, -0.2) is 30.7 Å². The van der Waals surface area contributed by atoms with Crippen molar-refractivity contribution in [2.75, 3.05) is 13.4 Å². The van der Waals surface area contributed by atoms with E-state index in [4.69, 9.17) is 14.6 Å². The summed E-state index contributed by atoms with van der Waals surface area (Å²) in [7, 11) is 0. The van der Waals surface area contributed by atoms with Crippen LogP contribution in [0.2, 0.25) is 0 Å². The van der Waals surface area contributed by atoms with Gasteiger partial charge < -0.3 is 19.4 Å². The number of carbonyl (C=O) groups is 1. The van der Waals surface area contributed by atoms with Crippen molar-refractivity contribution in [1.29, 1.82) is 0 Å². The molecule has 6 heteroatoms. The molecule has 0 bridgehead atoms. The Kier molecular flexibility index (Phi) is 2.90. The van der Waals surface area contributed by atoms with Gasteiger partial charge in [0.05, 0.1) is 6.21 Å². The normalized spacial score (nSPS) is 13.0. The average Bonchev–Trinajstić information content (AvgIpc) is 2.71. The van der Waals surface area contributed by atoms with Gasteiger partial charge in [-0.1, -0.05) is 5.16 Å². The van der Waals surface area contributed by atoms with E-state index >= 15 is 0 Å². The highest BCUT2D eigenvalue weighted by Gasteiger charge is 2.12. The molecule has 0 aromatic heterocycles. The zero-order chi connectivity index (χ0) is 11.4. The molecule has 1 aliphatic heterocycles. The van der Waals surface area contributed by atoms with Gasteiger partial charge in [-0.2, -0.15) is 0 Å². The summed E-state index contributed by atoms with van der Waals surface area (Å²) in [6, 6.07) is 5.25. The molecule has 0 fully saturated rings. The van der Waals surface area contributed by atoms with Crippen LogP contribution in [0.4, 0.5) is 0 Å². The number of nitrogens with zero attached hydrogens (tertiary/aromatic N) is 1. The predicted octanol–water partition coefficient (Wildman–Crippen LogP) is 0.850. The lowest BCUT2D eigenvalue weighted by Gasteiger charge is -1.97. The molecule has 0 saturated heterocycles. The van der Waals surface area contributed by atoms with Gasteiger partial charge in [-0.25, -0.2) is 4.79 Å². The minimum atomic E-state index is -1.07. The van der Waals surface area contributed by atoms with Gasteiger partial charge in [0.2, 0.25) is 13.4 Å². The van der Waals surface area contributed by atoms with Gasteiger partial charge in [-0.3, -0.25) is 0 Å². The van der Waals surface area contributed by atoms with Crippen LogP contribution in [-0.2, 0) is 9.63 Å². The van der Waals surface area contributed by atoms with Crippen LogP contribution in [0.3, 0.4) is 0 Å². The van der Waals surface area contributed by atoms with Crippen molar-refractivity contribution in [2.45, 2.75) is 0 Å². The molecule has 1 heterocycles. The highest BCUT2D eigenvalue weighted by molar-refractivity contribution is 5.80. The topological polar surface area (TPSA) is 77.4 Å². The average molecular weight is 223 g/mol. The van der Waals surface area contributed by atoms with Gasteiger partial charge in [0.15, 0.2) is 11.5 Å². The molecule has 0 aliphatic carbocycles. The minimum absolute atomic E-state index is 0.214. The van der Waals surface area contributed by atoms with Crippen molar-refractivity contribution < 1.29 is 24.2 Å². The van der Waals surface area contributed by atoms with Gasteiger partial charge >= 0.3 is 5.97 Å². The Bertz CT molecular complexity index is 429. The monoisotopic (exact) mass is 223 g/mol. The zero-order valence-electron chi connectivity index (χ0n) is 8.25. The van der Waals surface area contributed by atoms with Gasteiger partial charge in [-0.15, -0.1) is 0 Å². The van der Waals surface area contributed by atoms with Crippen molar-refractivity contribution in [3.63, 3.8) is 0 Å². The Morgan fingerprint density at radius 2 is 2.31 bits per heavy atom. The third-order valence-electron chi connectivity index (χ3n) is 1.86. The van der Waals surface area contributed by atoms with Gasteiger partial charge in [0, 0.05) is 5.56 Å². The first-order chi connectivity index (χ1) is 7.75. The molecule has 0 radical (unpaired) electrons. The van der Waals surface area contributed by atoms with Gasteiger partial charge in [0.1, 0.15) is 0 Å². The number of carboxylic acids is 1. The van der Waals surface area contributed by atoms with Crippen LogP contribution in [0, 0.1) is 0 Å². The van der Waals surface area contributed by atoms with Crippen molar-refractivity contribution in [1.82, 2.24) is 0 Å². The molecule has 84 valence electrons. The maximum absolute atomic E-state index is 10.1. The van der Waals surface area contributed by atoms with E-state index in [-0.39, 0.29) is 6.79 Å². The first-order valence-corrected chi connectivity index (χ1v) is 4.52. The quantitative estimate of drug-likeness (QED) is 0.604. The van der Waals surface area contributed by atoms with Crippen LogP contribution in [0.1, 0.15) is 5.56 Å². The number of oxime groups is 1. The Morgan fingerprint density at radius 3 is 3.12 bits per heavy atom. The number of hydrogen-bond donors (Lipinski definition) is 1. The Morgan fingerprint density at radius 1 is 1.50 bits per heavy atom. The van der Waals surface area contributed by atoms with Crippen LogP contribution in [0.15, 0.2) is 23.4 Å². The summed E-state index contributed by atoms with van der Waals surface area (Å²) in [6.45, 7) is -0.244. The summed E-state index contributed by atoms with van der Waals surface area (Å²) in [5.41, 5.74) is 0.745. The van der Waals surface area contributed by atoms with Crippen LogP contribution < -0.4 is 9.47 Å². The standard InChI is InChI=1S/C10H9NO5/c12-10(13)5-16-11-4-7-1-2-8-9(3-7)15-6-14-8/h1-4H,5-6H2,(H,12,13)/b11-4+. The molecule has 0 unspecified atom stereocenters. The fraction of sp³-hybridized carbons (Fsp3) is 0.200. The number of carboxylic acid groups (broad SMARTS) is 1. The summed E-state index contributed by atoms with van der Waals surface area (Å²) < 4.78 is 10.3. The SMILES string of the molecule is O=C(O)CO/N=C/c1ccc2c(c1)OCO2. The van der Waals surface area contributed by atoms with E-state index in [1.165, 1.54) is 6.21 Å². The molecular formula is C10H9NO5. The van der Waals surface area contributed by atoms with E-state index < -0.39 is 12.6 Å². The Balaban J connectivity index is 1.97. The summed E-state index contributed by atoms with van der Waals surface area (Å²) in [5, 5.41) is 11.8. The number of hydrogen-bond acceptors (Lipinski definition) is 5. The predicted molar refractivity (Wildman–Crippen MR) is 53.7 cm³/mol. The summed E-state index contributed by atoms with van der Waals surface area (Å²) in [5.74, 6) is 0.258. The Labute approximate surface area is 91.0 Å². The van der Waals surface area contributed by atoms with Gasteiger partial charge in [-0.05, 0) is 18.2 Å².